The minimum atomic E-state index is -0.211. The number of carbonyl (C=O) groups excluding carboxylic acids is 1. The van der Waals surface area contributed by atoms with Crippen LogP contribution in [-0.4, -0.2) is 11.0 Å². The number of aromatic nitrogens is 1. The molecule has 5 heteroatoms. The van der Waals surface area contributed by atoms with E-state index in [-0.39, 0.29) is 6.03 Å². The topological polar surface area (TPSA) is 54.0 Å². The number of nitrogens with one attached hydrogen (secondary N) is 2. The van der Waals surface area contributed by atoms with Crippen LogP contribution < -0.4 is 10.6 Å². The van der Waals surface area contributed by atoms with E-state index in [1.54, 1.807) is 11.3 Å². The normalized spacial score (nSPS) is 10.1. The van der Waals surface area contributed by atoms with Crippen LogP contribution in [0.2, 0.25) is 0 Å². The van der Waals surface area contributed by atoms with E-state index in [1.807, 2.05) is 43.5 Å². The number of amides is 2. The molecule has 0 bridgehead atoms. The zero-order valence-electron chi connectivity index (χ0n) is 10.4. The summed E-state index contributed by atoms with van der Waals surface area (Å²) in [6, 6.07) is 7.46. The number of anilines is 1. The molecule has 1 heterocycles. The number of thiazole rings is 1. The molecule has 2 N–H and O–H groups in total. The zero-order valence-corrected chi connectivity index (χ0v) is 11.2. The van der Waals surface area contributed by atoms with Gasteiger partial charge in [-0.05, 0) is 25.5 Å². The molecule has 2 rings (SSSR count). The van der Waals surface area contributed by atoms with Gasteiger partial charge in [0.15, 0.2) is 0 Å². The molecule has 0 aliphatic rings. The molecule has 2 amide bonds. The fourth-order valence-corrected chi connectivity index (χ4v) is 2.23. The van der Waals surface area contributed by atoms with Gasteiger partial charge in [-0.2, -0.15) is 0 Å². The van der Waals surface area contributed by atoms with E-state index in [2.05, 4.69) is 15.6 Å². The third-order valence-electron chi connectivity index (χ3n) is 2.46. The number of carbonyl (C=O) groups is 1. The van der Waals surface area contributed by atoms with Crippen LogP contribution >= 0.6 is 11.3 Å². The molecule has 0 saturated carbocycles. The number of nitrogens with zero attached hydrogens (tertiary/aromatic N) is 1. The van der Waals surface area contributed by atoms with Crippen molar-refractivity contribution in [2.45, 2.75) is 20.4 Å². The van der Waals surface area contributed by atoms with Crippen LogP contribution in [0, 0.1) is 13.8 Å². The minimum Gasteiger partial charge on any atom is -0.331 e. The number of urea groups is 1. The summed E-state index contributed by atoms with van der Waals surface area (Å²) in [5, 5.41) is 8.48. The number of hydrogen-bond donors (Lipinski definition) is 2. The van der Waals surface area contributed by atoms with Crippen LogP contribution in [0.3, 0.4) is 0 Å². The molecule has 94 valence electrons. The van der Waals surface area contributed by atoms with Gasteiger partial charge in [0, 0.05) is 16.8 Å². The Kier molecular flexibility index (Phi) is 3.94. The largest absolute Gasteiger partial charge is 0.331 e. The SMILES string of the molecule is Cc1csc(CNC(=O)Nc2ccccc2C)n1. The van der Waals surface area contributed by atoms with Crippen LogP contribution in [0.5, 0.6) is 0 Å². The first-order valence-corrected chi connectivity index (χ1v) is 6.54. The van der Waals surface area contributed by atoms with Crippen molar-refractivity contribution in [2.24, 2.45) is 0 Å². The third-order valence-corrected chi connectivity index (χ3v) is 3.43. The van der Waals surface area contributed by atoms with Crippen molar-refractivity contribution in [3.8, 4) is 0 Å². The lowest BCUT2D eigenvalue weighted by molar-refractivity contribution is 0.251. The highest BCUT2D eigenvalue weighted by molar-refractivity contribution is 7.09. The van der Waals surface area contributed by atoms with Crippen LogP contribution in [0.4, 0.5) is 10.5 Å². The summed E-state index contributed by atoms with van der Waals surface area (Å²) >= 11 is 1.55. The first kappa shape index (κ1) is 12.6. The Morgan fingerprint density at radius 3 is 2.78 bits per heavy atom. The van der Waals surface area contributed by atoms with Gasteiger partial charge in [-0.15, -0.1) is 11.3 Å². The second kappa shape index (κ2) is 5.64. The molecule has 0 aliphatic carbocycles. The maximum Gasteiger partial charge on any atom is 0.319 e. The van der Waals surface area contributed by atoms with E-state index in [1.165, 1.54) is 0 Å². The molecule has 0 saturated heterocycles. The summed E-state index contributed by atoms with van der Waals surface area (Å²) in [5.41, 5.74) is 2.85. The van der Waals surface area contributed by atoms with Gasteiger partial charge in [0.05, 0.1) is 6.54 Å². The van der Waals surface area contributed by atoms with Gasteiger partial charge in [0.25, 0.3) is 0 Å². The van der Waals surface area contributed by atoms with Gasteiger partial charge in [0.2, 0.25) is 0 Å². The van der Waals surface area contributed by atoms with Gasteiger partial charge in [-0.3, -0.25) is 0 Å². The molecule has 18 heavy (non-hydrogen) atoms. The number of rotatable bonds is 3. The van der Waals surface area contributed by atoms with Crippen molar-refractivity contribution in [3.63, 3.8) is 0 Å². The molecule has 0 unspecified atom stereocenters. The predicted molar refractivity (Wildman–Crippen MR) is 73.9 cm³/mol. The average Bonchev–Trinajstić information content (AvgIpc) is 2.76. The molecule has 2 aromatic rings. The summed E-state index contributed by atoms with van der Waals surface area (Å²) < 4.78 is 0. The van der Waals surface area contributed by atoms with Crippen molar-refractivity contribution < 1.29 is 4.79 Å². The standard InChI is InChI=1S/C13H15N3OS/c1-9-5-3-4-6-11(9)16-13(17)14-7-12-15-10(2)8-18-12/h3-6,8H,7H2,1-2H3,(H2,14,16,17). The Balaban J connectivity index is 1.88. The summed E-state index contributed by atoms with van der Waals surface area (Å²) in [7, 11) is 0. The average molecular weight is 261 g/mol. The Hall–Kier alpha value is -1.88. The van der Waals surface area contributed by atoms with Crippen molar-refractivity contribution >= 4 is 23.1 Å². The minimum absolute atomic E-state index is 0.211. The Bertz CT molecular complexity index is 551. The van der Waals surface area contributed by atoms with Crippen molar-refractivity contribution in [1.29, 1.82) is 0 Å². The van der Waals surface area contributed by atoms with Crippen molar-refractivity contribution in [1.82, 2.24) is 10.3 Å². The highest BCUT2D eigenvalue weighted by atomic mass is 32.1. The molecular formula is C13H15N3OS. The molecule has 1 aromatic carbocycles. The van der Waals surface area contributed by atoms with Crippen LogP contribution in [-0.2, 0) is 6.54 Å². The van der Waals surface area contributed by atoms with Gasteiger partial charge >= 0.3 is 6.03 Å². The number of para-hydroxylation sites is 1. The number of hydrogen-bond acceptors (Lipinski definition) is 3. The van der Waals surface area contributed by atoms with Crippen LogP contribution in [0.15, 0.2) is 29.6 Å². The summed E-state index contributed by atoms with van der Waals surface area (Å²) in [6.45, 7) is 4.35. The van der Waals surface area contributed by atoms with Crippen molar-refractivity contribution in [3.05, 3.63) is 45.9 Å². The lowest BCUT2D eigenvalue weighted by Crippen LogP contribution is -2.28. The van der Waals surface area contributed by atoms with E-state index in [0.29, 0.717) is 6.54 Å². The predicted octanol–water partition coefficient (Wildman–Crippen LogP) is 3.08. The number of aryl methyl sites for hydroxylation is 2. The third kappa shape index (κ3) is 3.30. The lowest BCUT2D eigenvalue weighted by atomic mass is 10.2. The highest BCUT2D eigenvalue weighted by Gasteiger charge is 2.04. The molecule has 1 aromatic heterocycles. The smallest absolute Gasteiger partial charge is 0.319 e. The van der Waals surface area contributed by atoms with E-state index in [0.717, 1.165) is 22.0 Å². The first-order valence-electron chi connectivity index (χ1n) is 5.66. The zero-order chi connectivity index (χ0) is 13.0. The van der Waals surface area contributed by atoms with E-state index >= 15 is 0 Å². The fourth-order valence-electron chi connectivity index (χ4n) is 1.52. The monoisotopic (exact) mass is 261 g/mol. The molecule has 0 fully saturated rings. The summed E-state index contributed by atoms with van der Waals surface area (Å²) in [6.07, 6.45) is 0. The lowest BCUT2D eigenvalue weighted by Gasteiger charge is -2.08. The maximum absolute atomic E-state index is 11.7. The highest BCUT2D eigenvalue weighted by Crippen LogP contribution is 2.13. The Morgan fingerprint density at radius 1 is 1.33 bits per heavy atom. The summed E-state index contributed by atoms with van der Waals surface area (Å²) in [4.78, 5) is 16.0. The first-order chi connectivity index (χ1) is 8.65. The van der Waals surface area contributed by atoms with Crippen LogP contribution in [0.25, 0.3) is 0 Å². The van der Waals surface area contributed by atoms with Crippen LogP contribution in [0.1, 0.15) is 16.3 Å². The van der Waals surface area contributed by atoms with E-state index in [4.69, 9.17) is 0 Å². The maximum atomic E-state index is 11.7. The van der Waals surface area contributed by atoms with Gasteiger partial charge < -0.3 is 10.6 Å². The van der Waals surface area contributed by atoms with E-state index < -0.39 is 0 Å². The summed E-state index contributed by atoms with van der Waals surface area (Å²) in [5.74, 6) is 0. The molecule has 0 atom stereocenters. The molecule has 0 spiro atoms. The van der Waals surface area contributed by atoms with Gasteiger partial charge in [-0.1, -0.05) is 18.2 Å². The molecule has 0 radical (unpaired) electrons. The molecular weight excluding hydrogens is 246 g/mol. The Morgan fingerprint density at radius 2 is 2.11 bits per heavy atom. The quantitative estimate of drug-likeness (QED) is 0.892. The molecule has 4 nitrogen and oxygen atoms in total. The Labute approximate surface area is 110 Å². The van der Waals surface area contributed by atoms with Gasteiger partial charge in [0.1, 0.15) is 5.01 Å². The fraction of sp³-hybridized carbons (Fsp3) is 0.231. The molecule has 0 aliphatic heterocycles. The van der Waals surface area contributed by atoms with Gasteiger partial charge in [-0.25, -0.2) is 9.78 Å². The van der Waals surface area contributed by atoms with E-state index in [9.17, 15) is 4.79 Å². The second-order valence-electron chi connectivity index (χ2n) is 4.01. The second-order valence-corrected chi connectivity index (χ2v) is 4.95. The van der Waals surface area contributed by atoms with Crippen molar-refractivity contribution in [2.75, 3.05) is 5.32 Å². The number of benzene rings is 1.